The topological polar surface area (TPSA) is 72.9 Å². The third-order valence-electron chi connectivity index (χ3n) is 4.56. The molecule has 2 aromatic rings. The number of aryl methyl sites for hydroxylation is 1. The zero-order valence-corrected chi connectivity index (χ0v) is 14.8. The maximum absolute atomic E-state index is 12.3. The van der Waals surface area contributed by atoms with Crippen molar-refractivity contribution in [1.29, 1.82) is 0 Å². The molecule has 0 aliphatic carbocycles. The van der Waals surface area contributed by atoms with E-state index < -0.39 is 0 Å². The van der Waals surface area contributed by atoms with Gasteiger partial charge in [-0.2, -0.15) is 0 Å². The van der Waals surface area contributed by atoms with Crippen LogP contribution < -0.4 is 10.2 Å². The maximum Gasteiger partial charge on any atom is 0.251 e. The molecule has 136 valence electrons. The summed E-state index contributed by atoms with van der Waals surface area (Å²) in [5, 5.41) is 12.1. The van der Waals surface area contributed by atoms with Crippen molar-refractivity contribution in [2.75, 3.05) is 37.6 Å². The van der Waals surface area contributed by atoms with Crippen LogP contribution in [0.15, 0.2) is 48.5 Å². The Morgan fingerprint density at radius 3 is 2.19 bits per heavy atom. The average molecular weight is 353 g/mol. The van der Waals surface area contributed by atoms with Crippen molar-refractivity contribution in [2.45, 2.75) is 6.92 Å². The highest BCUT2D eigenvalue weighted by Gasteiger charge is 2.21. The smallest absolute Gasteiger partial charge is 0.251 e. The van der Waals surface area contributed by atoms with Crippen molar-refractivity contribution in [3.8, 4) is 5.75 Å². The van der Waals surface area contributed by atoms with Crippen LogP contribution in [0, 0.1) is 6.92 Å². The van der Waals surface area contributed by atoms with Gasteiger partial charge in [0, 0.05) is 37.4 Å². The maximum atomic E-state index is 12.3. The lowest BCUT2D eigenvalue weighted by atomic mass is 10.1. The minimum atomic E-state index is -0.235. The third kappa shape index (κ3) is 4.33. The Hall–Kier alpha value is -3.02. The number of nitrogens with zero attached hydrogens (tertiary/aromatic N) is 2. The summed E-state index contributed by atoms with van der Waals surface area (Å²) >= 11 is 0. The summed E-state index contributed by atoms with van der Waals surface area (Å²) in [6, 6.07) is 14.3. The van der Waals surface area contributed by atoms with Crippen LogP contribution in [0.1, 0.15) is 15.9 Å². The van der Waals surface area contributed by atoms with Crippen LogP contribution in [0.25, 0.3) is 0 Å². The molecule has 2 aromatic carbocycles. The number of phenols is 1. The molecule has 0 unspecified atom stereocenters. The van der Waals surface area contributed by atoms with Crippen molar-refractivity contribution in [3.63, 3.8) is 0 Å². The van der Waals surface area contributed by atoms with Gasteiger partial charge in [0.1, 0.15) is 5.75 Å². The van der Waals surface area contributed by atoms with E-state index >= 15 is 0 Å². The molecule has 0 spiro atoms. The van der Waals surface area contributed by atoms with Crippen LogP contribution in [0.5, 0.6) is 5.75 Å². The van der Waals surface area contributed by atoms with Gasteiger partial charge in [-0.05, 0) is 43.3 Å². The Bertz CT molecular complexity index is 764. The molecule has 26 heavy (non-hydrogen) atoms. The van der Waals surface area contributed by atoms with Crippen LogP contribution in [0.2, 0.25) is 0 Å². The minimum Gasteiger partial charge on any atom is -0.508 e. The summed E-state index contributed by atoms with van der Waals surface area (Å²) in [5.41, 5.74) is 2.67. The van der Waals surface area contributed by atoms with E-state index in [9.17, 15) is 14.7 Å². The number of anilines is 1. The molecular formula is C20H23N3O3. The Morgan fingerprint density at radius 1 is 0.962 bits per heavy atom. The number of aromatic hydroxyl groups is 1. The van der Waals surface area contributed by atoms with Crippen molar-refractivity contribution < 1.29 is 14.7 Å². The molecule has 6 nitrogen and oxygen atoms in total. The molecule has 1 aliphatic heterocycles. The lowest BCUT2D eigenvalue weighted by Crippen LogP contribution is -2.51. The van der Waals surface area contributed by atoms with Crippen LogP contribution in [-0.2, 0) is 4.79 Å². The van der Waals surface area contributed by atoms with Crippen LogP contribution >= 0.6 is 0 Å². The van der Waals surface area contributed by atoms with E-state index in [1.54, 1.807) is 29.2 Å². The van der Waals surface area contributed by atoms with Gasteiger partial charge in [0.05, 0.1) is 6.54 Å². The Kier molecular flexibility index (Phi) is 5.41. The average Bonchev–Trinajstić information content (AvgIpc) is 2.67. The molecule has 1 aliphatic rings. The fourth-order valence-corrected chi connectivity index (χ4v) is 2.95. The van der Waals surface area contributed by atoms with Crippen molar-refractivity contribution in [1.82, 2.24) is 10.2 Å². The molecule has 0 bridgehead atoms. The number of rotatable bonds is 4. The summed E-state index contributed by atoms with van der Waals surface area (Å²) in [5.74, 6) is -0.0659. The van der Waals surface area contributed by atoms with E-state index in [1.807, 2.05) is 31.2 Å². The molecule has 2 amide bonds. The zero-order valence-electron chi connectivity index (χ0n) is 14.8. The summed E-state index contributed by atoms with van der Waals surface area (Å²) in [6.45, 7) is 4.64. The molecule has 1 saturated heterocycles. The highest BCUT2D eigenvalue weighted by atomic mass is 16.3. The van der Waals surface area contributed by atoms with E-state index in [2.05, 4.69) is 10.2 Å². The number of hydrogen-bond acceptors (Lipinski definition) is 4. The second-order valence-electron chi connectivity index (χ2n) is 6.43. The van der Waals surface area contributed by atoms with E-state index in [1.165, 1.54) is 0 Å². The third-order valence-corrected chi connectivity index (χ3v) is 4.56. The van der Waals surface area contributed by atoms with Crippen molar-refractivity contribution in [2.24, 2.45) is 0 Å². The molecule has 0 aromatic heterocycles. The summed E-state index contributed by atoms with van der Waals surface area (Å²) in [7, 11) is 0. The van der Waals surface area contributed by atoms with Gasteiger partial charge in [0.25, 0.3) is 5.91 Å². The molecule has 3 rings (SSSR count). The normalized spacial score (nSPS) is 14.2. The second kappa shape index (κ2) is 7.91. The molecule has 0 atom stereocenters. The molecular weight excluding hydrogens is 330 g/mol. The molecule has 1 fully saturated rings. The monoisotopic (exact) mass is 353 g/mol. The van der Waals surface area contributed by atoms with Gasteiger partial charge in [-0.3, -0.25) is 9.59 Å². The summed E-state index contributed by atoms with van der Waals surface area (Å²) < 4.78 is 0. The van der Waals surface area contributed by atoms with Crippen LogP contribution in [-0.4, -0.2) is 54.5 Å². The van der Waals surface area contributed by atoms with Gasteiger partial charge in [-0.25, -0.2) is 0 Å². The first-order valence-corrected chi connectivity index (χ1v) is 8.69. The van der Waals surface area contributed by atoms with E-state index in [0.717, 1.165) is 24.3 Å². The predicted molar refractivity (Wildman–Crippen MR) is 100 cm³/mol. The standard InChI is InChI=1S/C20H23N3O3/c1-15-2-4-16(5-3-15)20(26)21-14-19(25)23-12-10-22(11-13-23)17-6-8-18(24)9-7-17/h2-9,24H,10-14H2,1H3,(H,21,26). The molecule has 2 N–H and O–H groups in total. The Labute approximate surface area is 153 Å². The minimum absolute atomic E-state index is 0.00587. The highest BCUT2D eigenvalue weighted by molar-refractivity contribution is 5.96. The molecule has 0 radical (unpaired) electrons. The van der Waals surface area contributed by atoms with Gasteiger partial charge < -0.3 is 20.2 Å². The van der Waals surface area contributed by atoms with E-state index in [0.29, 0.717) is 18.7 Å². The van der Waals surface area contributed by atoms with Gasteiger partial charge in [0.15, 0.2) is 0 Å². The van der Waals surface area contributed by atoms with Gasteiger partial charge in [-0.15, -0.1) is 0 Å². The highest BCUT2D eigenvalue weighted by Crippen LogP contribution is 2.19. The van der Waals surface area contributed by atoms with Crippen LogP contribution in [0.3, 0.4) is 0 Å². The van der Waals surface area contributed by atoms with Gasteiger partial charge in [-0.1, -0.05) is 17.7 Å². The Morgan fingerprint density at radius 2 is 1.58 bits per heavy atom. The fourth-order valence-electron chi connectivity index (χ4n) is 2.95. The van der Waals surface area contributed by atoms with Crippen LogP contribution in [0.4, 0.5) is 5.69 Å². The van der Waals surface area contributed by atoms with Gasteiger partial charge in [0.2, 0.25) is 5.91 Å². The number of benzene rings is 2. The van der Waals surface area contributed by atoms with E-state index in [-0.39, 0.29) is 24.1 Å². The van der Waals surface area contributed by atoms with Gasteiger partial charge >= 0.3 is 0 Å². The second-order valence-corrected chi connectivity index (χ2v) is 6.43. The number of nitrogens with one attached hydrogen (secondary N) is 1. The predicted octanol–water partition coefficient (Wildman–Crippen LogP) is 1.78. The zero-order chi connectivity index (χ0) is 18.5. The molecule has 1 heterocycles. The summed E-state index contributed by atoms with van der Waals surface area (Å²) in [6.07, 6.45) is 0. The first-order chi connectivity index (χ1) is 12.5. The largest absolute Gasteiger partial charge is 0.508 e. The number of amides is 2. The first-order valence-electron chi connectivity index (χ1n) is 8.69. The SMILES string of the molecule is Cc1ccc(C(=O)NCC(=O)N2CCN(c3ccc(O)cc3)CC2)cc1. The molecule has 6 heteroatoms. The van der Waals surface area contributed by atoms with E-state index in [4.69, 9.17) is 0 Å². The van der Waals surface area contributed by atoms with Crippen molar-refractivity contribution >= 4 is 17.5 Å². The number of phenolic OH excluding ortho intramolecular Hbond substituents is 1. The first kappa shape index (κ1) is 17.8. The fraction of sp³-hybridized carbons (Fsp3) is 0.300. The number of piperazine rings is 1. The van der Waals surface area contributed by atoms with Crippen molar-refractivity contribution in [3.05, 3.63) is 59.7 Å². The number of carbonyl (C=O) groups is 2. The molecule has 0 saturated carbocycles. The number of hydrogen-bond donors (Lipinski definition) is 2. The number of carbonyl (C=O) groups excluding carboxylic acids is 2. The lowest BCUT2D eigenvalue weighted by molar-refractivity contribution is -0.130. The quantitative estimate of drug-likeness (QED) is 0.879. The Balaban J connectivity index is 1.47. The lowest BCUT2D eigenvalue weighted by Gasteiger charge is -2.36. The summed E-state index contributed by atoms with van der Waals surface area (Å²) in [4.78, 5) is 28.4.